The van der Waals surface area contributed by atoms with E-state index in [1.807, 2.05) is 103 Å². The predicted octanol–water partition coefficient (Wildman–Crippen LogP) is 4.08. The van der Waals surface area contributed by atoms with Crippen molar-refractivity contribution in [3.63, 3.8) is 0 Å². The number of hydrogen-bond acceptors (Lipinski definition) is 4. The van der Waals surface area contributed by atoms with Gasteiger partial charge < -0.3 is 15.2 Å². The minimum atomic E-state index is -1.35. The molecule has 1 aliphatic rings. The van der Waals surface area contributed by atoms with Crippen molar-refractivity contribution in [2.45, 2.75) is 11.6 Å². The van der Waals surface area contributed by atoms with Crippen LogP contribution in [-0.2, 0) is 10.3 Å². The first-order valence-electron chi connectivity index (χ1n) is 11.1. The number of nitrogens with one attached hydrogen (secondary N) is 1. The molecule has 1 aliphatic heterocycles. The lowest BCUT2D eigenvalue weighted by Crippen LogP contribution is -2.46. The molecule has 1 atom stereocenters. The molecule has 0 unspecified atom stereocenters. The average molecular weight is 453 g/mol. The van der Waals surface area contributed by atoms with Gasteiger partial charge in [-0.05, 0) is 22.6 Å². The van der Waals surface area contributed by atoms with Gasteiger partial charge in [0.1, 0.15) is 18.5 Å². The smallest absolute Gasteiger partial charge is 0.325 e. The third kappa shape index (κ3) is 3.78. The van der Waals surface area contributed by atoms with Crippen molar-refractivity contribution in [1.82, 2.24) is 10.2 Å². The Morgan fingerprint density at radius 3 is 2.06 bits per heavy atom. The van der Waals surface area contributed by atoms with Gasteiger partial charge in [-0.3, -0.25) is 9.69 Å². The summed E-state index contributed by atoms with van der Waals surface area (Å²) in [7, 11) is 0. The molecular formula is C28H24N2O4. The van der Waals surface area contributed by atoms with E-state index in [2.05, 4.69) is 5.32 Å². The number of ether oxygens (including phenoxy) is 1. The second-order valence-electron chi connectivity index (χ2n) is 8.27. The highest BCUT2D eigenvalue weighted by Crippen LogP contribution is 2.36. The van der Waals surface area contributed by atoms with Gasteiger partial charge in [0, 0.05) is 5.39 Å². The quantitative estimate of drug-likeness (QED) is 0.414. The molecule has 4 aromatic carbocycles. The van der Waals surface area contributed by atoms with E-state index in [0.717, 1.165) is 15.7 Å². The van der Waals surface area contributed by atoms with E-state index < -0.39 is 23.6 Å². The normalized spacial score (nSPS) is 15.9. The molecule has 0 saturated carbocycles. The number of carbonyl (C=O) groups is 2. The second kappa shape index (κ2) is 9.00. The summed E-state index contributed by atoms with van der Waals surface area (Å²) < 4.78 is 5.86. The predicted molar refractivity (Wildman–Crippen MR) is 129 cm³/mol. The molecule has 0 aliphatic carbocycles. The Kier molecular flexibility index (Phi) is 5.74. The highest BCUT2D eigenvalue weighted by atomic mass is 16.5. The zero-order valence-electron chi connectivity index (χ0n) is 18.4. The molecule has 0 radical (unpaired) electrons. The topological polar surface area (TPSA) is 78.9 Å². The van der Waals surface area contributed by atoms with Crippen molar-refractivity contribution in [3.05, 3.63) is 114 Å². The molecule has 6 nitrogen and oxygen atoms in total. The van der Waals surface area contributed by atoms with E-state index in [1.165, 1.54) is 0 Å². The van der Waals surface area contributed by atoms with E-state index in [9.17, 15) is 14.7 Å². The summed E-state index contributed by atoms with van der Waals surface area (Å²) >= 11 is 0. The molecule has 0 spiro atoms. The Bertz CT molecular complexity index is 1280. The van der Waals surface area contributed by atoms with Gasteiger partial charge in [0.2, 0.25) is 0 Å². The number of aliphatic hydroxyl groups excluding tert-OH is 1. The number of amides is 3. The van der Waals surface area contributed by atoms with E-state index in [0.29, 0.717) is 16.9 Å². The van der Waals surface area contributed by atoms with Crippen molar-refractivity contribution < 1.29 is 19.4 Å². The van der Waals surface area contributed by atoms with Crippen LogP contribution in [0.2, 0.25) is 0 Å². The summed E-state index contributed by atoms with van der Waals surface area (Å²) in [4.78, 5) is 27.8. The minimum absolute atomic E-state index is 0.0608. The van der Waals surface area contributed by atoms with Crippen molar-refractivity contribution in [1.29, 1.82) is 0 Å². The van der Waals surface area contributed by atoms with Crippen LogP contribution in [0.4, 0.5) is 4.79 Å². The maximum Gasteiger partial charge on any atom is 0.325 e. The molecule has 1 fully saturated rings. The number of carbonyl (C=O) groups excluding carboxylic acids is 2. The zero-order chi connectivity index (χ0) is 23.5. The van der Waals surface area contributed by atoms with Gasteiger partial charge in [0.05, 0.1) is 6.54 Å². The number of rotatable bonds is 7. The minimum Gasteiger partial charge on any atom is -0.490 e. The van der Waals surface area contributed by atoms with Gasteiger partial charge in [-0.1, -0.05) is 97.1 Å². The summed E-state index contributed by atoms with van der Waals surface area (Å²) in [6.07, 6.45) is -1.06. The lowest BCUT2D eigenvalue weighted by atomic mass is 9.82. The van der Waals surface area contributed by atoms with Gasteiger partial charge >= 0.3 is 6.03 Å². The molecule has 3 amide bonds. The maximum atomic E-state index is 13.7. The average Bonchev–Trinajstić information content (AvgIpc) is 3.14. The first kappa shape index (κ1) is 21.7. The van der Waals surface area contributed by atoms with Crippen LogP contribution in [0.5, 0.6) is 5.75 Å². The van der Waals surface area contributed by atoms with Gasteiger partial charge in [-0.25, -0.2) is 4.79 Å². The number of urea groups is 1. The Labute approximate surface area is 197 Å². The highest BCUT2D eigenvalue weighted by molar-refractivity contribution is 6.09. The fourth-order valence-electron chi connectivity index (χ4n) is 4.45. The fourth-order valence-corrected chi connectivity index (χ4v) is 4.45. The summed E-state index contributed by atoms with van der Waals surface area (Å²) in [6, 6.07) is 31.2. The molecule has 34 heavy (non-hydrogen) atoms. The lowest BCUT2D eigenvalue weighted by Gasteiger charge is -2.28. The van der Waals surface area contributed by atoms with Gasteiger partial charge in [-0.15, -0.1) is 0 Å². The van der Waals surface area contributed by atoms with Crippen molar-refractivity contribution in [2.75, 3.05) is 13.2 Å². The third-order valence-corrected chi connectivity index (χ3v) is 6.09. The Hall–Kier alpha value is -4.16. The van der Waals surface area contributed by atoms with E-state index in [1.54, 1.807) is 0 Å². The Balaban J connectivity index is 1.37. The van der Waals surface area contributed by atoms with Crippen LogP contribution in [0, 0.1) is 0 Å². The zero-order valence-corrected chi connectivity index (χ0v) is 18.4. The van der Waals surface area contributed by atoms with Crippen LogP contribution in [0.15, 0.2) is 103 Å². The van der Waals surface area contributed by atoms with Gasteiger partial charge in [0.15, 0.2) is 5.54 Å². The standard InChI is InChI=1S/C28H24N2O4/c31-23(19-34-25-17-9-11-20-10-7-8-16-24(20)25)18-30-26(32)28(29-27(30)33,21-12-3-1-4-13-21)22-14-5-2-6-15-22/h1-17,23,31H,18-19H2,(H,29,33)/t23-/m0/s1. The maximum absolute atomic E-state index is 13.7. The Morgan fingerprint density at radius 2 is 1.38 bits per heavy atom. The largest absolute Gasteiger partial charge is 0.490 e. The van der Waals surface area contributed by atoms with Crippen LogP contribution >= 0.6 is 0 Å². The van der Waals surface area contributed by atoms with Gasteiger partial charge in [0.25, 0.3) is 5.91 Å². The number of benzene rings is 4. The summed E-state index contributed by atoms with van der Waals surface area (Å²) in [5.74, 6) is 0.205. The second-order valence-corrected chi connectivity index (χ2v) is 8.27. The number of hydrogen-bond donors (Lipinski definition) is 2. The van der Waals surface area contributed by atoms with E-state index in [4.69, 9.17) is 4.74 Å². The SMILES string of the molecule is O=C1NC(c2ccccc2)(c2ccccc2)C(=O)N1C[C@H](O)COc1cccc2ccccc12. The van der Waals surface area contributed by atoms with E-state index in [-0.39, 0.29) is 13.2 Å². The third-order valence-electron chi connectivity index (χ3n) is 6.09. The molecule has 2 N–H and O–H groups in total. The number of nitrogens with zero attached hydrogens (tertiary/aromatic N) is 1. The molecule has 1 heterocycles. The molecule has 0 aromatic heterocycles. The fraction of sp³-hybridized carbons (Fsp3) is 0.143. The molecule has 6 heteroatoms. The lowest BCUT2D eigenvalue weighted by molar-refractivity contribution is -0.131. The van der Waals surface area contributed by atoms with Crippen LogP contribution in [-0.4, -0.2) is 41.2 Å². The molecule has 1 saturated heterocycles. The Morgan fingerprint density at radius 1 is 0.794 bits per heavy atom. The molecule has 5 rings (SSSR count). The molecular weight excluding hydrogens is 428 g/mol. The van der Waals surface area contributed by atoms with E-state index >= 15 is 0 Å². The van der Waals surface area contributed by atoms with Crippen molar-refractivity contribution in [3.8, 4) is 5.75 Å². The molecule has 170 valence electrons. The van der Waals surface area contributed by atoms with Crippen LogP contribution in [0.1, 0.15) is 11.1 Å². The first-order valence-corrected chi connectivity index (χ1v) is 11.1. The molecule has 0 bridgehead atoms. The van der Waals surface area contributed by atoms with Crippen molar-refractivity contribution in [2.24, 2.45) is 0 Å². The molecule has 4 aromatic rings. The number of aliphatic hydroxyl groups is 1. The van der Waals surface area contributed by atoms with Crippen LogP contribution in [0.25, 0.3) is 10.8 Å². The number of imide groups is 1. The van der Waals surface area contributed by atoms with Crippen molar-refractivity contribution >= 4 is 22.7 Å². The number of fused-ring (bicyclic) bond motifs is 1. The summed E-state index contributed by atoms with van der Waals surface area (Å²) in [5, 5.41) is 15.5. The summed E-state index contributed by atoms with van der Waals surface area (Å²) in [5.41, 5.74) is -0.0393. The first-order chi connectivity index (χ1) is 16.6. The monoisotopic (exact) mass is 452 g/mol. The number of β-amino-alcohol motifs (C(OH)–C–C–N with tert-alkyl or cyclic N) is 1. The van der Waals surface area contributed by atoms with Crippen LogP contribution in [0.3, 0.4) is 0 Å². The summed E-state index contributed by atoms with van der Waals surface area (Å²) in [6.45, 7) is -0.244. The van der Waals surface area contributed by atoms with Crippen LogP contribution < -0.4 is 10.1 Å². The van der Waals surface area contributed by atoms with Gasteiger partial charge in [-0.2, -0.15) is 0 Å². The highest BCUT2D eigenvalue weighted by Gasteiger charge is 2.53.